The first kappa shape index (κ1) is 16.1. The van der Waals surface area contributed by atoms with Crippen molar-refractivity contribution in [3.63, 3.8) is 0 Å². The van der Waals surface area contributed by atoms with Crippen molar-refractivity contribution in [3.05, 3.63) is 46.8 Å². The summed E-state index contributed by atoms with van der Waals surface area (Å²) in [6.45, 7) is 9.05. The third kappa shape index (κ3) is 3.58. The minimum absolute atomic E-state index is 0.428. The molecule has 0 N–H and O–H groups in total. The van der Waals surface area contributed by atoms with E-state index in [1.54, 1.807) is 0 Å². The molecule has 0 unspecified atom stereocenters. The molecular formula is C19H26N2O2. The molecule has 1 aliphatic rings. The van der Waals surface area contributed by atoms with Crippen molar-refractivity contribution in [3.8, 4) is 5.75 Å². The Morgan fingerprint density at radius 1 is 1.26 bits per heavy atom. The van der Waals surface area contributed by atoms with Crippen molar-refractivity contribution in [1.82, 2.24) is 10.1 Å². The predicted octanol–water partition coefficient (Wildman–Crippen LogP) is 4.42. The highest BCUT2D eigenvalue weighted by Crippen LogP contribution is 2.36. The number of likely N-dealkylation sites (tertiary alicyclic amines) is 1. The Bertz CT molecular complexity index is 614. The molecule has 0 aliphatic carbocycles. The van der Waals surface area contributed by atoms with Gasteiger partial charge in [-0.25, -0.2) is 0 Å². The number of nitrogens with zero attached hydrogens (tertiary/aromatic N) is 2. The Labute approximate surface area is 138 Å². The van der Waals surface area contributed by atoms with Crippen LogP contribution in [0.2, 0.25) is 0 Å². The summed E-state index contributed by atoms with van der Waals surface area (Å²) in [5.41, 5.74) is 3.64. The van der Waals surface area contributed by atoms with E-state index < -0.39 is 0 Å². The van der Waals surface area contributed by atoms with E-state index in [9.17, 15) is 0 Å². The van der Waals surface area contributed by atoms with E-state index in [4.69, 9.17) is 9.26 Å². The van der Waals surface area contributed by atoms with Crippen LogP contribution in [0.1, 0.15) is 54.8 Å². The summed E-state index contributed by atoms with van der Waals surface area (Å²) >= 11 is 0. The maximum Gasteiger partial charge on any atom is 0.138 e. The Morgan fingerprint density at radius 3 is 2.70 bits per heavy atom. The van der Waals surface area contributed by atoms with Gasteiger partial charge in [-0.2, -0.15) is 0 Å². The second-order valence-electron chi connectivity index (χ2n) is 6.36. The molecule has 0 radical (unpaired) electrons. The maximum absolute atomic E-state index is 5.66. The first-order valence-corrected chi connectivity index (χ1v) is 8.57. The molecule has 0 saturated carbocycles. The van der Waals surface area contributed by atoms with Crippen molar-refractivity contribution in [2.75, 3.05) is 13.2 Å². The lowest BCUT2D eigenvalue weighted by Gasteiger charge is -2.24. The van der Waals surface area contributed by atoms with E-state index in [0.717, 1.165) is 43.3 Å². The highest BCUT2D eigenvalue weighted by molar-refractivity contribution is 5.29. The average Bonchev–Trinajstić information content (AvgIpc) is 3.13. The summed E-state index contributed by atoms with van der Waals surface area (Å²) in [7, 11) is 0. The predicted molar refractivity (Wildman–Crippen MR) is 90.6 cm³/mol. The summed E-state index contributed by atoms with van der Waals surface area (Å²) in [5, 5.41) is 4.12. The Balaban J connectivity index is 1.69. The Hall–Kier alpha value is -1.81. The molecular weight excluding hydrogens is 288 g/mol. The highest BCUT2D eigenvalue weighted by atomic mass is 16.5. The molecule has 4 heteroatoms. The fourth-order valence-corrected chi connectivity index (χ4v) is 3.45. The average molecular weight is 314 g/mol. The zero-order chi connectivity index (χ0) is 16.2. The van der Waals surface area contributed by atoms with Gasteiger partial charge in [-0.15, -0.1) is 0 Å². The molecule has 0 amide bonds. The minimum Gasteiger partial charge on any atom is -0.494 e. The van der Waals surface area contributed by atoms with Crippen molar-refractivity contribution < 1.29 is 9.26 Å². The molecule has 1 atom stereocenters. The van der Waals surface area contributed by atoms with E-state index in [2.05, 4.69) is 41.2 Å². The molecule has 1 fully saturated rings. The fraction of sp³-hybridized carbons (Fsp3) is 0.526. The normalized spacial score (nSPS) is 18.5. The van der Waals surface area contributed by atoms with Gasteiger partial charge in [0.15, 0.2) is 0 Å². The molecule has 23 heavy (non-hydrogen) atoms. The van der Waals surface area contributed by atoms with Crippen molar-refractivity contribution >= 4 is 0 Å². The summed E-state index contributed by atoms with van der Waals surface area (Å²) in [6, 6.07) is 8.93. The van der Waals surface area contributed by atoms with Gasteiger partial charge in [-0.1, -0.05) is 24.2 Å². The monoisotopic (exact) mass is 314 g/mol. The lowest BCUT2D eigenvalue weighted by Crippen LogP contribution is -2.23. The topological polar surface area (TPSA) is 38.5 Å². The third-order valence-corrected chi connectivity index (χ3v) is 4.57. The van der Waals surface area contributed by atoms with Crippen LogP contribution in [0.5, 0.6) is 5.75 Å². The molecule has 2 heterocycles. The second kappa shape index (κ2) is 7.18. The zero-order valence-corrected chi connectivity index (χ0v) is 14.3. The first-order chi connectivity index (χ1) is 11.2. The van der Waals surface area contributed by atoms with Gasteiger partial charge < -0.3 is 9.26 Å². The molecule has 0 bridgehead atoms. The van der Waals surface area contributed by atoms with Crippen LogP contribution < -0.4 is 4.74 Å². The van der Waals surface area contributed by atoms with Crippen LogP contribution in [0.4, 0.5) is 0 Å². The van der Waals surface area contributed by atoms with E-state index in [0.29, 0.717) is 6.04 Å². The van der Waals surface area contributed by atoms with Crippen LogP contribution >= 0.6 is 0 Å². The number of ether oxygens (including phenoxy) is 1. The molecule has 4 nitrogen and oxygen atoms in total. The summed E-state index contributed by atoms with van der Waals surface area (Å²) in [6.07, 6.45) is 3.45. The van der Waals surface area contributed by atoms with Gasteiger partial charge in [-0.05, 0) is 57.4 Å². The molecule has 124 valence electrons. The van der Waals surface area contributed by atoms with Gasteiger partial charge in [-0.3, -0.25) is 4.90 Å². The summed E-state index contributed by atoms with van der Waals surface area (Å²) < 4.78 is 11.0. The van der Waals surface area contributed by atoms with Crippen LogP contribution in [0, 0.1) is 13.8 Å². The van der Waals surface area contributed by atoms with Gasteiger partial charge >= 0.3 is 0 Å². The molecule has 1 aromatic carbocycles. The van der Waals surface area contributed by atoms with E-state index in [1.807, 2.05) is 13.8 Å². The smallest absolute Gasteiger partial charge is 0.138 e. The fourth-order valence-electron chi connectivity index (χ4n) is 3.45. The molecule has 3 rings (SSSR count). The van der Waals surface area contributed by atoms with E-state index in [1.165, 1.54) is 24.0 Å². The van der Waals surface area contributed by atoms with Crippen LogP contribution in [-0.2, 0) is 6.54 Å². The quantitative estimate of drug-likeness (QED) is 0.791. The van der Waals surface area contributed by atoms with Gasteiger partial charge in [0.2, 0.25) is 0 Å². The molecule has 1 aliphatic heterocycles. The lowest BCUT2D eigenvalue weighted by atomic mass is 10.0. The van der Waals surface area contributed by atoms with Crippen molar-refractivity contribution in [1.29, 1.82) is 0 Å². The van der Waals surface area contributed by atoms with Gasteiger partial charge in [0.1, 0.15) is 11.5 Å². The third-order valence-electron chi connectivity index (χ3n) is 4.57. The number of hydrogen-bond acceptors (Lipinski definition) is 4. The number of hydrogen-bond donors (Lipinski definition) is 0. The van der Waals surface area contributed by atoms with Gasteiger partial charge in [0.05, 0.1) is 12.3 Å². The second-order valence-corrected chi connectivity index (χ2v) is 6.36. The standard InChI is InChI=1S/C19H26N2O2/c1-4-12-22-17-9-7-16(8-10-17)13-21-11-5-6-18(21)19-14(2)20-23-15(19)3/h7-10,18H,4-6,11-13H2,1-3H3/t18-/m1/s1. The first-order valence-electron chi connectivity index (χ1n) is 8.57. The van der Waals surface area contributed by atoms with Crippen LogP contribution in [0.15, 0.2) is 28.8 Å². The number of benzene rings is 1. The minimum atomic E-state index is 0.428. The number of aryl methyl sites for hydroxylation is 2. The van der Waals surface area contributed by atoms with Crippen LogP contribution in [-0.4, -0.2) is 23.2 Å². The molecule has 0 spiro atoms. The molecule has 2 aromatic rings. The largest absolute Gasteiger partial charge is 0.494 e. The lowest BCUT2D eigenvalue weighted by molar-refractivity contribution is 0.245. The number of rotatable bonds is 6. The highest BCUT2D eigenvalue weighted by Gasteiger charge is 2.30. The van der Waals surface area contributed by atoms with Crippen molar-refractivity contribution in [2.45, 2.75) is 52.6 Å². The molecule has 1 saturated heterocycles. The Morgan fingerprint density at radius 2 is 2.04 bits per heavy atom. The number of aromatic nitrogens is 1. The molecule has 1 aromatic heterocycles. The van der Waals surface area contributed by atoms with E-state index in [-0.39, 0.29) is 0 Å². The zero-order valence-electron chi connectivity index (χ0n) is 14.3. The summed E-state index contributed by atoms with van der Waals surface area (Å²) in [4.78, 5) is 2.54. The maximum atomic E-state index is 5.66. The van der Waals surface area contributed by atoms with E-state index >= 15 is 0 Å². The van der Waals surface area contributed by atoms with Gasteiger partial charge in [0, 0.05) is 18.2 Å². The summed E-state index contributed by atoms with van der Waals surface area (Å²) in [5.74, 6) is 1.92. The van der Waals surface area contributed by atoms with Crippen molar-refractivity contribution in [2.24, 2.45) is 0 Å². The van der Waals surface area contributed by atoms with Crippen LogP contribution in [0.25, 0.3) is 0 Å². The van der Waals surface area contributed by atoms with Crippen LogP contribution in [0.3, 0.4) is 0 Å². The van der Waals surface area contributed by atoms with Gasteiger partial charge in [0.25, 0.3) is 0 Å². The Kier molecular flexibility index (Phi) is 5.01. The SMILES string of the molecule is CCCOc1ccc(CN2CCC[C@@H]2c2c(C)noc2C)cc1.